The summed E-state index contributed by atoms with van der Waals surface area (Å²) in [6.07, 6.45) is 4.48. The van der Waals surface area contributed by atoms with E-state index < -0.39 is 49.7 Å². The molecule has 206 valence electrons. The number of aromatic nitrogens is 4. The quantitative estimate of drug-likeness (QED) is 0.207. The number of rotatable bonds is 7. The summed E-state index contributed by atoms with van der Waals surface area (Å²) in [5.74, 6) is -3.22. The molecule has 0 bridgehead atoms. The van der Waals surface area contributed by atoms with E-state index in [4.69, 9.17) is 0 Å². The minimum atomic E-state index is -4.42. The first-order valence-electron chi connectivity index (χ1n) is 12.0. The highest BCUT2D eigenvalue weighted by atomic mass is 32.2. The maximum Gasteiger partial charge on any atom is 0.262 e. The smallest absolute Gasteiger partial charge is 0.262 e. The average molecular weight is 594 g/mol. The molecular formula is C28H18F3N5O3S2. The molecule has 4 heterocycles. The highest BCUT2D eigenvalue weighted by molar-refractivity contribution is 7.92. The molecular weight excluding hydrogens is 575 g/mol. The number of nitrogens with zero attached hydrogens (tertiary/aromatic N) is 3. The number of benzene rings is 2. The zero-order valence-corrected chi connectivity index (χ0v) is 22.3. The first-order chi connectivity index (χ1) is 19.7. The molecule has 0 fully saturated rings. The summed E-state index contributed by atoms with van der Waals surface area (Å²) in [6.45, 7) is 0. The fraction of sp³-hybridized carbons (Fsp3) is 0.0357. The van der Waals surface area contributed by atoms with E-state index in [0.717, 1.165) is 40.9 Å². The number of thiazole rings is 1. The number of halogens is 3. The summed E-state index contributed by atoms with van der Waals surface area (Å²) < 4.78 is 71.5. The molecule has 2 aromatic carbocycles. The number of hydrogen-bond acceptors (Lipinski definition) is 7. The van der Waals surface area contributed by atoms with Gasteiger partial charge in [-0.25, -0.2) is 31.6 Å². The van der Waals surface area contributed by atoms with Crippen LogP contribution in [-0.4, -0.2) is 33.5 Å². The molecule has 6 aromatic rings. The van der Waals surface area contributed by atoms with Gasteiger partial charge in [-0.15, -0.1) is 11.3 Å². The van der Waals surface area contributed by atoms with Crippen molar-refractivity contribution in [2.45, 2.75) is 11.0 Å². The van der Waals surface area contributed by atoms with E-state index in [9.17, 15) is 22.3 Å². The number of anilines is 1. The van der Waals surface area contributed by atoms with Crippen molar-refractivity contribution in [1.29, 1.82) is 0 Å². The van der Waals surface area contributed by atoms with Gasteiger partial charge in [-0.2, -0.15) is 0 Å². The Bertz CT molecular complexity index is 2010. The molecule has 1 atom stereocenters. The maximum atomic E-state index is 15.6. The molecule has 0 aliphatic carbocycles. The monoisotopic (exact) mass is 593 g/mol. The van der Waals surface area contributed by atoms with Crippen LogP contribution in [0.4, 0.5) is 18.9 Å². The Balaban J connectivity index is 1.35. The molecule has 0 saturated heterocycles. The molecule has 0 saturated carbocycles. The van der Waals surface area contributed by atoms with Gasteiger partial charge in [0.15, 0.2) is 5.82 Å². The van der Waals surface area contributed by atoms with Crippen molar-refractivity contribution >= 4 is 38.1 Å². The number of pyridine rings is 2. The van der Waals surface area contributed by atoms with E-state index in [-0.39, 0.29) is 5.56 Å². The molecule has 0 aliphatic rings. The first-order valence-corrected chi connectivity index (χ1v) is 14.4. The highest BCUT2D eigenvalue weighted by Gasteiger charge is 2.27. The maximum absolute atomic E-state index is 15.6. The lowest BCUT2D eigenvalue weighted by molar-refractivity contribution is 0.211. The second-order valence-corrected chi connectivity index (χ2v) is 11.5. The van der Waals surface area contributed by atoms with Gasteiger partial charge in [0, 0.05) is 52.2 Å². The van der Waals surface area contributed by atoms with Gasteiger partial charge in [-0.3, -0.25) is 9.71 Å². The van der Waals surface area contributed by atoms with Crippen LogP contribution in [0.25, 0.3) is 32.9 Å². The molecule has 6 rings (SSSR count). The summed E-state index contributed by atoms with van der Waals surface area (Å²) in [5.41, 5.74) is 1.13. The van der Waals surface area contributed by atoms with Crippen molar-refractivity contribution in [3.05, 3.63) is 113 Å². The number of nitrogens with one attached hydrogen (secondary N) is 2. The lowest BCUT2D eigenvalue weighted by Gasteiger charge is -2.16. The average Bonchev–Trinajstić information content (AvgIpc) is 3.63. The van der Waals surface area contributed by atoms with Crippen LogP contribution in [0.1, 0.15) is 17.2 Å². The third kappa shape index (κ3) is 5.06. The minimum absolute atomic E-state index is 0.111. The van der Waals surface area contributed by atoms with Crippen LogP contribution in [0.2, 0.25) is 0 Å². The molecule has 0 spiro atoms. The van der Waals surface area contributed by atoms with Gasteiger partial charge in [0.1, 0.15) is 28.4 Å². The van der Waals surface area contributed by atoms with Gasteiger partial charge >= 0.3 is 0 Å². The van der Waals surface area contributed by atoms with Crippen molar-refractivity contribution in [3.8, 4) is 21.8 Å². The summed E-state index contributed by atoms with van der Waals surface area (Å²) in [7, 11) is -4.42. The third-order valence-corrected chi connectivity index (χ3v) is 8.57. The SMILES string of the molecule is O=S(=O)(Nc1ccc(F)c(C(O)c2c[nH]c3ncc(-c4csc(-c5cccnc5)n4)cc23)c1F)c1cccc(F)c1. The van der Waals surface area contributed by atoms with Crippen molar-refractivity contribution in [1.82, 2.24) is 19.9 Å². The van der Waals surface area contributed by atoms with Gasteiger partial charge in [-0.1, -0.05) is 6.07 Å². The number of sulfonamides is 1. The van der Waals surface area contributed by atoms with Gasteiger partial charge < -0.3 is 10.1 Å². The molecule has 41 heavy (non-hydrogen) atoms. The molecule has 0 amide bonds. The Morgan fingerprint density at radius 1 is 1.00 bits per heavy atom. The van der Waals surface area contributed by atoms with Crippen molar-refractivity contribution in [2.24, 2.45) is 0 Å². The van der Waals surface area contributed by atoms with Crippen LogP contribution in [0.15, 0.2) is 89.7 Å². The van der Waals surface area contributed by atoms with E-state index in [2.05, 4.69) is 19.9 Å². The molecule has 0 radical (unpaired) electrons. The van der Waals surface area contributed by atoms with E-state index in [1.165, 1.54) is 23.6 Å². The number of hydrogen-bond donors (Lipinski definition) is 3. The van der Waals surface area contributed by atoms with E-state index in [1.807, 2.05) is 16.2 Å². The lowest BCUT2D eigenvalue weighted by Crippen LogP contribution is -2.16. The molecule has 1 unspecified atom stereocenters. The topological polar surface area (TPSA) is 121 Å². The molecule has 0 aliphatic heterocycles. The van der Waals surface area contributed by atoms with E-state index >= 15 is 4.39 Å². The molecule has 13 heteroatoms. The summed E-state index contributed by atoms with van der Waals surface area (Å²) >= 11 is 1.41. The summed E-state index contributed by atoms with van der Waals surface area (Å²) in [4.78, 5) is 15.5. The van der Waals surface area contributed by atoms with Crippen LogP contribution in [-0.2, 0) is 10.0 Å². The standard InChI is InChI=1S/C28H18F3N5O3S2/c29-17-4-1-5-18(10-17)41(38,39)36-22-7-6-21(30)24(25(22)31)26(37)20-13-34-27-19(20)9-16(12-33-27)23-14-40-28(35-23)15-3-2-8-32-11-15/h1-14,26,36-37H,(H,33,34). The van der Waals surface area contributed by atoms with Crippen LogP contribution in [0.3, 0.4) is 0 Å². The second-order valence-electron chi connectivity index (χ2n) is 8.93. The summed E-state index contributed by atoms with van der Waals surface area (Å²) in [6, 6.07) is 11.2. The lowest BCUT2D eigenvalue weighted by atomic mass is 9.99. The van der Waals surface area contributed by atoms with Crippen molar-refractivity contribution < 1.29 is 26.7 Å². The summed E-state index contributed by atoms with van der Waals surface area (Å²) in [5, 5.41) is 14.1. The van der Waals surface area contributed by atoms with Crippen molar-refractivity contribution in [3.63, 3.8) is 0 Å². The van der Waals surface area contributed by atoms with Crippen LogP contribution in [0, 0.1) is 17.5 Å². The first kappa shape index (κ1) is 26.6. The fourth-order valence-corrected chi connectivity index (χ4v) is 6.22. The number of aliphatic hydroxyl groups excluding tert-OH is 1. The zero-order chi connectivity index (χ0) is 28.7. The number of aromatic amines is 1. The molecule has 3 N–H and O–H groups in total. The largest absolute Gasteiger partial charge is 0.383 e. The van der Waals surface area contributed by atoms with E-state index in [1.54, 1.807) is 30.7 Å². The van der Waals surface area contributed by atoms with Gasteiger partial charge in [0.25, 0.3) is 10.0 Å². The number of fused-ring (bicyclic) bond motifs is 1. The van der Waals surface area contributed by atoms with Crippen LogP contribution < -0.4 is 4.72 Å². The van der Waals surface area contributed by atoms with Gasteiger partial charge in [0.2, 0.25) is 0 Å². The van der Waals surface area contributed by atoms with Gasteiger partial charge in [0.05, 0.1) is 21.8 Å². The van der Waals surface area contributed by atoms with E-state index in [0.29, 0.717) is 22.3 Å². The predicted molar refractivity (Wildman–Crippen MR) is 148 cm³/mol. The normalized spacial score (nSPS) is 12.5. The Labute approximate surface area is 235 Å². The highest BCUT2D eigenvalue weighted by Crippen LogP contribution is 2.36. The Kier molecular flexibility index (Phi) is 6.77. The Morgan fingerprint density at radius 3 is 2.63 bits per heavy atom. The Hall–Kier alpha value is -4.59. The van der Waals surface area contributed by atoms with Gasteiger partial charge in [-0.05, 0) is 48.5 Å². The third-order valence-electron chi connectivity index (χ3n) is 6.32. The zero-order valence-electron chi connectivity index (χ0n) is 20.7. The number of aliphatic hydroxyl groups is 1. The minimum Gasteiger partial charge on any atom is -0.383 e. The molecule has 4 aromatic heterocycles. The molecule has 8 nitrogen and oxygen atoms in total. The predicted octanol–water partition coefficient (Wildman–Crippen LogP) is 6.05. The Morgan fingerprint density at radius 2 is 1.85 bits per heavy atom. The fourth-order valence-electron chi connectivity index (χ4n) is 4.31. The van der Waals surface area contributed by atoms with Crippen LogP contribution in [0.5, 0.6) is 0 Å². The number of H-pyrrole nitrogens is 1. The van der Waals surface area contributed by atoms with Crippen LogP contribution >= 0.6 is 11.3 Å². The second kappa shape index (κ2) is 10.4. The van der Waals surface area contributed by atoms with Crippen molar-refractivity contribution in [2.75, 3.05) is 4.72 Å².